The Hall–Kier alpha value is -2.12. The van der Waals surface area contributed by atoms with Crippen LogP contribution in [0.3, 0.4) is 0 Å². The molecule has 8 heteroatoms. The van der Waals surface area contributed by atoms with Gasteiger partial charge in [-0.15, -0.1) is 0 Å². The zero-order chi connectivity index (χ0) is 14.7. The maximum Gasteiger partial charge on any atom is 0.353 e. The highest BCUT2D eigenvalue weighted by atomic mass is 16.6. The van der Waals surface area contributed by atoms with Crippen molar-refractivity contribution in [1.82, 2.24) is 10.2 Å². The topological polar surface area (TPSA) is 108 Å². The summed E-state index contributed by atoms with van der Waals surface area (Å²) >= 11 is 0. The Morgan fingerprint density at radius 1 is 1.45 bits per heavy atom. The van der Waals surface area contributed by atoms with Crippen LogP contribution in [-0.2, 0) is 19.2 Å². The zero-order valence-electron chi connectivity index (χ0n) is 11.2. The lowest BCUT2D eigenvalue weighted by Crippen LogP contribution is -2.48. The van der Waals surface area contributed by atoms with Crippen LogP contribution >= 0.6 is 0 Å². The predicted molar refractivity (Wildman–Crippen MR) is 67.9 cm³/mol. The molecule has 0 bridgehead atoms. The molecule has 0 aromatic heterocycles. The molecule has 2 unspecified atom stereocenters. The van der Waals surface area contributed by atoms with E-state index in [0.717, 1.165) is 12.8 Å². The van der Waals surface area contributed by atoms with Crippen molar-refractivity contribution < 1.29 is 24.3 Å². The van der Waals surface area contributed by atoms with Crippen molar-refractivity contribution in [2.75, 3.05) is 20.1 Å². The lowest BCUT2D eigenvalue weighted by molar-refractivity contribution is -0.145. The summed E-state index contributed by atoms with van der Waals surface area (Å²) in [5.74, 6) is -1.79. The number of nitrogens with one attached hydrogen (secondary N) is 1. The van der Waals surface area contributed by atoms with E-state index in [1.54, 1.807) is 11.9 Å². The normalized spacial score (nSPS) is 25.6. The lowest BCUT2D eigenvalue weighted by atomic mass is 9.96. The van der Waals surface area contributed by atoms with E-state index in [1.807, 2.05) is 0 Å². The maximum absolute atomic E-state index is 12.2. The molecule has 1 fully saturated rings. The highest BCUT2D eigenvalue weighted by Crippen LogP contribution is 2.20. The van der Waals surface area contributed by atoms with Crippen LogP contribution in [0.25, 0.3) is 0 Å². The van der Waals surface area contributed by atoms with Crippen LogP contribution < -0.4 is 5.32 Å². The van der Waals surface area contributed by atoms with E-state index in [4.69, 9.17) is 9.94 Å². The largest absolute Gasteiger partial charge is 0.477 e. The molecule has 0 aromatic rings. The minimum Gasteiger partial charge on any atom is -0.477 e. The highest BCUT2D eigenvalue weighted by molar-refractivity contribution is 6.36. The molecule has 0 saturated carbocycles. The number of hydrogen-bond acceptors (Lipinski definition) is 5. The summed E-state index contributed by atoms with van der Waals surface area (Å²) in [6.07, 6.45) is 0.564. The van der Waals surface area contributed by atoms with E-state index in [1.165, 1.54) is 0 Å². The van der Waals surface area contributed by atoms with Crippen molar-refractivity contribution >= 4 is 23.5 Å². The summed E-state index contributed by atoms with van der Waals surface area (Å²) in [5, 5.41) is 14.8. The molecule has 8 nitrogen and oxygen atoms in total. The average molecular weight is 283 g/mol. The third-order valence-corrected chi connectivity index (χ3v) is 3.54. The van der Waals surface area contributed by atoms with E-state index in [2.05, 4.69) is 10.5 Å². The minimum atomic E-state index is -1.18. The van der Waals surface area contributed by atoms with Crippen LogP contribution in [0.15, 0.2) is 5.16 Å². The number of carbonyl (C=O) groups is 3. The molecule has 2 rings (SSSR count). The number of nitrogens with zero attached hydrogens (tertiary/aromatic N) is 2. The molecule has 110 valence electrons. The Morgan fingerprint density at radius 2 is 2.20 bits per heavy atom. The molecule has 2 amide bonds. The van der Waals surface area contributed by atoms with Gasteiger partial charge >= 0.3 is 5.97 Å². The minimum absolute atomic E-state index is 0.0324. The zero-order valence-corrected chi connectivity index (χ0v) is 11.2. The van der Waals surface area contributed by atoms with Crippen molar-refractivity contribution in [1.29, 1.82) is 0 Å². The van der Waals surface area contributed by atoms with Crippen molar-refractivity contribution in [3.05, 3.63) is 0 Å². The van der Waals surface area contributed by atoms with Gasteiger partial charge < -0.3 is 20.2 Å². The Labute approximate surface area is 115 Å². The first-order chi connectivity index (χ1) is 9.52. The van der Waals surface area contributed by atoms with E-state index >= 15 is 0 Å². The van der Waals surface area contributed by atoms with Crippen LogP contribution in [0.2, 0.25) is 0 Å². The van der Waals surface area contributed by atoms with Gasteiger partial charge in [-0.25, -0.2) is 4.79 Å². The quantitative estimate of drug-likeness (QED) is 0.705. The van der Waals surface area contributed by atoms with E-state index < -0.39 is 12.1 Å². The van der Waals surface area contributed by atoms with Gasteiger partial charge in [0.2, 0.25) is 12.0 Å². The molecule has 2 aliphatic rings. The highest BCUT2D eigenvalue weighted by Gasteiger charge is 2.37. The summed E-state index contributed by atoms with van der Waals surface area (Å²) in [4.78, 5) is 41.0. The number of aliphatic carboxylic acids is 1. The first kappa shape index (κ1) is 14.3. The van der Waals surface area contributed by atoms with Crippen molar-refractivity contribution in [3.63, 3.8) is 0 Å². The molecular weight excluding hydrogens is 266 g/mol. The Balaban J connectivity index is 1.93. The van der Waals surface area contributed by atoms with Gasteiger partial charge in [0.1, 0.15) is 0 Å². The number of amides is 2. The molecule has 0 spiro atoms. The third kappa shape index (κ3) is 2.89. The molecule has 20 heavy (non-hydrogen) atoms. The number of rotatable bonds is 3. The van der Waals surface area contributed by atoms with Gasteiger partial charge in [-0.05, 0) is 12.8 Å². The molecular formula is C12H17N3O5. The van der Waals surface area contributed by atoms with Gasteiger partial charge in [0.05, 0.1) is 5.92 Å². The van der Waals surface area contributed by atoms with Gasteiger partial charge in [0, 0.05) is 26.6 Å². The third-order valence-electron chi connectivity index (χ3n) is 3.54. The predicted octanol–water partition coefficient (Wildman–Crippen LogP) is -0.799. The van der Waals surface area contributed by atoms with Gasteiger partial charge in [0.15, 0.2) is 5.71 Å². The molecule has 2 atom stereocenters. The van der Waals surface area contributed by atoms with Crippen LogP contribution in [0.1, 0.15) is 19.3 Å². The molecule has 0 aliphatic carbocycles. The summed E-state index contributed by atoms with van der Waals surface area (Å²) < 4.78 is 0. The Morgan fingerprint density at radius 3 is 2.80 bits per heavy atom. The monoisotopic (exact) mass is 283 g/mol. The second kappa shape index (κ2) is 5.89. The second-order valence-electron chi connectivity index (χ2n) is 4.88. The summed E-state index contributed by atoms with van der Waals surface area (Å²) in [6, 6.07) is 0. The number of carbonyl (C=O) groups excluding carboxylic acids is 2. The number of oxime groups is 1. The molecule has 0 radical (unpaired) electrons. The summed E-state index contributed by atoms with van der Waals surface area (Å²) in [6.45, 7) is 0.884. The fourth-order valence-corrected chi connectivity index (χ4v) is 2.44. The van der Waals surface area contributed by atoms with Gasteiger partial charge in [0.25, 0.3) is 5.91 Å². The molecule has 1 saturated heterocycles. The number of carboxylic acid groups (broad SMARTS) is 1. The smallest absolute Gasteiger partial charge is 0.353 e. The standard InChI is InChI=1S/C12H17N3O5/c1-13-10(16)7-3-2-4-15(6-7)11(17)9-5-8(12(18)19)14-20-9/h7,9H,2-6H2,1H3,(H,13,16)(H,18,19). The SMILES string of the molecule is CNC(=O)C1CCCN(C(=O)C2CC(C(=O)O)=NO2)C1. The van der Waals surface area contributed by atoms with E-state index in [0.29, 0.717) is 13.1 Å². The Kier molecular flexibility index (Phi) is 4.21. The van der Waals surface area contributed by atoms with E-state index in [-0.39, 0.29) is 29.9 Å². The van der Waals surface area contributed by atoms with Crippen LogP contribution in [0.5, 0.6) is 0 Å². The second-order valence-corrected chi connectivity index (χ2v) is 4.88. The fraction of sp³-hybridized carbons (Fsp3) is 0.667. The molecule has 0 aromatic carbocycles. The number of hydrogen-bond donors (Lipinski definition) is 2. The number of piperidine rings is 1. The summed E-state index contributed by atoms with van der Waals surface area (Å²) in [7, 11) is 1.57. The van der Waals surface area contributed by atoms with Crippen LogP contribution in [0, 0.1) is 5.92 Å². The average Bonchev–Trinajstić information content (AvgIpc) is 2.95. The van der Waals surface area contributed by atoms with Crippen molar-refractivity contribution in [2.24, 2.45) is 11.1 Å². The van der Waals surface area contributed by atoms with Crippen LogP contribution in [-0.4, -0.2) is 59.7 Å². The first-order valence-corrected chi connectivity index (χ1v) is 6.49. The molecule has 2 aliphatic heterocycles. The van der Waals surface area contributed by atoms with Gasteiger partial charge in [-0.2, -0.15) is 0 Å². The fourth-order valence-electron chi connectivity index (χ4n) is 2.44. The number of likely N-dealkylation sites (tertiary alicyclic amines) is 1. The van der Waals surface area contributed by atoms with Gasteiger partial charge in [-0.1, -0.05) is 5.16 Å². The number of carboxylic acids is 1. The van der Waals surface area contributed by atoms with E-state index in [9.17, 15) is 14.4 Å². The van der Waals surface area contributed by atoms with Crippen LogP contribution in [0.4, 0.5) is 0 Å². The molecule has 2 N–H and O–H groups in total. The summed E-state index contributed by atoms with van der Waals surface area (Å²) in [5.41, 5.74) is -0.150. The maximum atomic E-state index is 12.2. The molecule has 2 heterocycles. The van der Waals surface area contributed by atoms with Crippen molar-refractivity contribution in [2.45, 2.75) is 25.4 Å². The van der Waals surface area contributed by atoms with Crippen molar-refractivity contribution in [3.8, 4) is 0 Å². The lowest BCUT2D eigenvalue weighted by Gasteiger charge is -2.32. The first-order valence-electron chi connectivity index (χ1n) is 6.49. The van der Waals surface area contributed by atoms with Gasteiger partial charge in [-0.3, -0.25) is 9.59 Å². The Bertz CT molecular complexity index is 462.